The second-order valence-electron chi connectivity index (χ2n) is 7.89. The lowest BCUT2D eigenvalue weighted by Gasteiger charge is -2.12. The van der Waals surface area contributed by atoms with Crippen LogP contribution in [0, 0.1) is 0 Å². The summed E-state index contributed by atoms with van der Waals surface area (Å²) in [6.07, 6.45) is 1.56. The van der Waals surface area contributed by atoms with Crippen molar-refractivity contribution >= 4 is 49.3 Å². The van der Waals surface area contributed by atoms with Crippen molar-refractivity contribution in [3.05, 3.63) is 82.5 Å². The van der Waals surface area contributed by atoms with E-state index in [4.69, 9.17) is 18.9 Å². The van der Waals surface area contributed by atoms with Crippen LogP contribution < -0.4 is 20.3 Å². The summed E-state index contributed by atoms with van der Waals surface area (Å²) < 4.78 is 19.4. The first kappa shape index (κ1) is 21.8. The molecule has 1 amide bonds. The maximum atomic E-state index is 13.6. The zero-order valence-electron chi connectivity index (χ0n) is 18.4. The number of hydrogen-bond acceptors (Lipinski definition) is 8. The summed E-state index contributed by atoms with van der Waals surface area (Å²) in [5.41, 5.74) is 1.41. The average molecular weight is 506 g/mol. The summed E-state index contributed by atoms with van der Waals surface area (Å²) in [6.45, 7) is 0.781. The van der Waals surface area contributed by atoms with Gasteiger partial charge in [-0.1, -0.05) is 36.0 Å². The van der Waals surface area contributed by atoms with Crippen LogP contribution in [0.15, 0.2) is 75.2 Å². The molecule has 0 saturated carbocycles. The number of nitrogens with one attached hydrogen (secondary N) is 1. The van der Waals surface area contributed by atoms with E-state index in [1.807, 2.05) is 42.5 Å². The molecule has 2 aromatic carbocycles. The Balaban J connectivity index is 1.34. The fraction of sp³-hybridized carbons (Fsp3) is 0.160. The molecule has 6 rings (SSSR count). The highest BCUT2D eigenvalue weighted by atomic mass is 32.2. The van der Waals surface area contributed by atoms with Crippen LogP contribution in [-0.4, -0.2) is 28.0 Å². The lowest BCUT2D eigenvalue weighted by molar-refractivity contribution is -0.118. The van der Waals surface area contributed by atoms with Crippen LogP contribution in [0.3, 0.4) is 0 Å². The Bertz CT molecular complexity index is 1610. The molecule has 176 valence electrons. The number of rotatable bonds is 7. The van der Waals surface area contributed by atoms with Gasteiger partial charge in [-0.3, -0.25) is 14.2 Å². The number of nitrogens with zero attached hydrogens (tertiary/aromatic N) is 2. The number of fused-ring (bicyclic) bond motifs is 4. The molecular formula is C25H19N3O5S2. The third-order valence-electron chi connectivity index (χ3n) is 5.60. The Morgan fingerprint density at radius 2 is 2.00 bits per heavy atom. The minimum absolute atomic E-state index is 0.113. The predicted octanol–water partition coefficient (Wildman–Crippen LogP) is 4.39. The number of benzene rings is 2. The molecule has 0 aliphatic carbocycles. The molecule has 0 saturated heterocycles. The average Bonchev–Trinajstić information content (AvgIpc) is 3.63. The lowest BCUT2D eigenvalue weighted by atomic mass is 10.2. The van der Waals surface area contributed by atoms with Gasteiger partial charge in [0.25, 0.3) is 5.56 Å². The topological polar surface area (TPSA) is 95.6 Å². The molecule has 10 heteroatoms. The Kier molecular flexibility index (Phi) is 5.67. The van der Waals surface area contributed by atoms with Crippen LogP contribution in [0.5, 0.6) is 11.5 Å². The van der Waals surface area contributed by atoms with Crippen LogP contribution in [0.4, 0.5) is 0 Å². The van der Waals surface area contributed by atoms with Crippen molar-refractivity contribution in [2.75, 3.05) is 12.5 Å². The maximum Gasteiger partial charge on any atom is 0.272 e. The fourth-order valence-corrected chi connectivity index (χ4v) is 5.82. The third kappa shape index (κ3) is 4.26. The molecule has 5 aromatic rings. The van der Waals surface area contributed by atoms with Crippen molar-refractivity contribution in [1.29, 1.82) is 0 Å². The normalized spacial score (nSPS) is 12.5. The number of amides is 1. The summed E-state index contributed by atoms with van der Waals surface area (Å²) >= 11 is 2.67. The van der Waals surface area contributed by atoms with Crippen LogP contribution >= 0.6 is 23.1 Å². The Labute approximate surface area is 207 Å². The minimum Gasteiger partial charge on any atom is -0.467 e. The Morgan fingerprint density at radius 1 is 1.11 bits per heavy atom. The highest BCUT2D eigenvalue weighted by Gasteiger charge is 2.19. The van der Waals surface area contributed by atoms with Gasteiger partial charge >= 0.3 is 0 Å². The molecule has 0 atom stereocenters. The fourth-order valence-electron chi connectivity index (χ4n) is 3.90. The van der Waals surface area contributed by atoms with Crippen LogP contribution in [-0.2, 0) is 17.9 Å². The zero-order valence-corrected chi connectivity index (χ0v) is 20.0. The van der Waals surface area contributed by atoms with Crippen molar-refractivity contribution in [2.24, 2.45) is 0 Å². The SMILES string of the molecule is O=C(CSc1nc2c(sc3ccccc32)c(=O)n1Cc1ccc2c(c1)OCO2)NCc1ccco1. The first-order chi connectivity index (χ1) is 17.2. The minimum atomic E-state index is -0.175. The van der Waals surface area contributed by atoms with Gasteiger partial charge in [-0.05, 0) is 35.9 Å². The van der Waals surface area contributed by atoms with E-state index in [9.17, 15) is 9.59 Å². The molecule has 1 aliphatic heterocycles. The predicted molar refractivity (Wildman–Crippen MR) is 134 cm³/mol. The highest BCUT2D eigenvalue weighted by Crippen LogP contribution is 2.34. The number of aromatic nitrogens is 2. The molecule has 3 aromatic heterocycles. The highest BCUT2D eigenvalue weighted by molar-refractivity contribution is 7.99. The van der Waals surface area contributed by atoms with Gasteiger partial charge in [0.2, 0.25) is 12.7 Å². The van der Waals surface area contributed by atoms with Gasteiger partial charge in [0, 0.05) is 10.1 Å². The monoisotopic (exact) mass is 505 g/mol. The first-order valence-electron chi connectivity index (χ1n) is 10.9. The van der Waals surface area contributed by atoms with Gasteiger partial charge < -0.3 is 19.2 Å². The molecular weight excluding hydrogens is 486 g/mol. The molecule has 0 bridgehead atoms. The third-order valence-corrected chi connectivity index (χ3v) is 7.72. The smallest absolute Gasteiger partial charge is 0.272 e. The van der Waals surface area contributed by atoms with Gasteiger partial charge in [0.1, 0.15) is 10.5 Å². The Hall–Kier alpha value is -3.76. The van der Waals surface area contributed by atoms with Gasteiger partial charge in [-0.25, -0.2) is 4.98 Å². The summed E-state index contributed by atoms with van der Waals surface area (Å²) in [4.78, 5) is 31.0. The van der Waals surface area contributed by atoms with E-state index in [2.05, 4.69) is 5.32 Å². The van der Waals surface area contributed by atoms with Crippen molar-refractivity contribution < 1.29 is 18.7 Å². The summed E-state index contributed by atoms with van der Waals surface area (Å²) in [6, 6.07) is 17.0. The molecule has 0 fully saturated rings. The molecule has 4 heterocycles. The number of thioether (sulfide) groups is 1. The molecule has 35 heavy (non-hydrogen) atoms. The van der Waals surface area contributed by atoms with Crippen LogP contribution in [0.25, 0.3) is 20.3 Å². The quantitative estimate of drug-likeness (QED) is 0.259. The summed E-state index contributed by atoms with van der Waals surface area (Å²) in [5, 5.41) is 4.25. The van der Waals surface area contributed by atoms with E-state index >= 15 is 0 Å². The number of carbonyl (C=O) groups excluding carboxylic acids is 1. The molecule has 0 unspecified atom stereocenters. The zero-order chi connectivity index (χ0) is 23.8. The van der Waals surface area contributed by atoms with E-state index in [1.165, 1.54) is 23.1 Å². The van der Waals surface area contributed by atoms with Gasteiger partial charge in [0.15, 0.2) is 16.7 Å². The number of thiophene rings is 1. The number of carbonyl (C=O) groups is 1. The van der Waals surface area contributed by atoms with Gasteiger partial charge in [0.05, 0.1) is 30.6 Å². The number of ether oxygens (including phenoxy) is 2. The van der Waals surface area contributed by atoms with E-state index in [1.54, 1.807) is 23.0 Å². The van der Waals surface area contributed by atoms with E-state index < -0.39 is 0 Å². The second-order valence-corrected chi connectivity index (χ2v) is 9.89. The van der Waals surface area contributed by atoms with Crippen LogP contribution in [0.1, 0.15) is 11.3 Å². The standard InChI is InChI=1S/C25H19N3O5S2/c29-21(26-11-16-4-3-9-31-16)13-34-25-27-22-17-5-1-2-6-20(17)35-23(22)24(30)28(25)12-15-7-8-18-19(10-15)33-14-32-18/h1-10H,11-14H2,(H,26,29). The van der Waals surface area contributed by atoms with Crippen LogP contribution in [0.2, 0.25) is 0 Å². The lowest BCUT2D eigenvalue weighted by Crippen LogP contribution is -2.26. The van der Waals surface area contributed by atoms with Crippen molar-refractivity contribution in [3.8, 4) is 11.5 Å². The first-order valence-corrected chi connectivity index (χ1v) is 12.7. The van der Waals surface area contributed by atoms with Crippen molar-refractivity contribution in [2.45, 2.75) is 18.2 Å². The van der Waals surface area contributed by atoms with E-state index in [-0.39, 0.29) is 24.0 Å². The Morgan fingerprint density at radius 3 is 2.89 bits per heavy atom. The maximum absolute atomic E-state index is 13.6. The van der Waals surface area contributed by atoms with Crippen molar-refractivity contribution in [3.63, 3.8) is 0 Å². The summed E-state index contributed by atoms with van der Waals surface area (Å²) in [7, 11) is 0. The van der Waals surface area contributed by atoms with Gasteiger partial charge in [-0.15, -0.1) is 11.3 Å². The number of hydrogen-bond donors (Lipinski definition) is 1. The second kappa shape index (κ2) is 9.12. The van der Waals surface area contributed by atoms with Gasteiger partial charge in [-0.2, -0.15) is 0 Å². The van der Waals surface area contributed by atoms with E-state index in [0.29, 0.717) is 45.7 Å². The number of furan rings is 1. The largest absolute Gasteiger partial charge is 0.467 e. The summed E-state index contributed by atoms with van der Waals surface area (Å²) in [5.74, 6) is 1.94. The molecule has 0 radical (unpaired) electrons. The molecule has 1 aliphatic rings. The van der Waals surface area contributed by atoms with Crippen molar-refractivity contribution in [1.82, 2.24) is 14.9 Å². The molecule has 0 spiro atoms. The molecule has 1 N–H and O–H groups in total. The van der Waals surface area contributed by atoms with E-state index in [0.717, 1.165) is 15.6 Å². The molecule has 8 nitrogen and oxygen atoms in total.